The summed E-state index contributed by atoms with van der Waals surface area (Å²) >= 11 is -0.847. The molecule has 1 aromatic rings. The Hall–Kier alpha value is -2.00. The minimum absolute atomic E-state index is 0.00990. The van der Waals surface area contributed by atoms with E-state index in [4.69, 9.17) is 10.5 Å². The molecule has 0 saturated carbocycles. The summed E-state index contributed by atoms with van der Waals surface area (Å²) in [6.45, 7) is 2.20. The number of rotatable bonds is 4. The summed E-state index contributed by atoms with van der Waals surface area (Å²) in [6, 6.07) is 5.88. The Morgan fingerprint density at radius 1 is 1.46 bits per heavy atom. The maximum Gasteiger partial charge on any atom is 0.439 e. The third-order valence-corrected chi connectivity index (χ3v) is 5.63. The number of benzene rings is 1. The van der Waals surface area contributed by atoms with Gasteiger partial charge >= 0.3 is 6.09 Å². The van der Waals surface area contributed by atoms with Gasteiger partial charge in [0, 0.05) is 5.69 Å². The van der Waals surface area contributed by atoms with Gasteiger partial charge < -0.3 is 19.9 Å². The fraction of sp³-hybridized carbons (Fsp3) is 0.467. The van der Waals surface area contributed by atoms with E-state index in [-0.39, 0.29) is 5.12 Å². The van der Waals surface area contributed by atoms with Crippen LogP contribution in [0.15, 0.2) is 24.3 Å². The van der Waals surface area contributed by atoms with Gasteiger partial charge in [-0.2, -0.15) is 0 Å². The van der Waals surface area contributed by atoms with Crippen molar-refractivity contribution >= 4 is 28.9 Å². The molecule has 0 spiro atoms. The third kappa shape index (κ3) is 3.01. The Labute approximate surface area is 141 Å². The van der Waals surface area contributed by atoms with Crippen LogP contribution in [0.25, 0.3) is 0 Å². The molecule has 130 valence electrons. The lowest BCUT2D eigenvalue weighted by atomic mass is 9.92. The summed E-state index contributed by atoms with van der Waals surface area (Å²) in [5.74, 6) is -0.381. The van der Waals surface area contributed by atoms with Crippen LogP contribution in [0.2, 0.25) is 0 Å². The monoisotopic (exact) mass is 355 g/mol. The van der Waals surface area contributed by atoms with E-state index in [1.807, 2.05) is 4.90 Å². The van der Waals surface area contributed by atoms with Crippen molar-refractivity contribution in [3.8, 4) is 0 Å². The standard InChI is InChI=1S/C15H18FN3O4S/c1-9(14(17)20)13-12(19(16)15(21)23-13)10-2-4-11(5-3-10)18-6-7-24(22)8-18/h2-5,9,12-13H,6-8H2,1H3,(H2,17,20). The molecular formula is C15H18FN3O4S. The summed E-state index contributed by atoms with van der Waals surface area (Å²) in [7, 11) is 0. The molecule has 3 rings (SSSR count). The van der Waals surface area contributed by atoms with Gasteiger partial charge in [0.25, 0.3) is 0 Å². The molecular weight excluding hydrogens is 337 g/mol. The molecule has 2 heterocycles. The van der Waals surface area contributed by atoms with Gasteiger partial charge in [0.2, 0.25) is 5.91 Å². The number of ether oxygens (including phenoxy) is 1. The van der Waals surface area contributed by atoms with Crippen LogP contribution in [0.4, 0.5) is 15.0 Å². The van der Waals surface area contributed by atoms with Gasteiger partial charge in [0.15, 0.2) is 5.88 Å². The number of carbonyl (C=O) groups excluding carboxylic acids is 2. The number of carbonyl (C=O) groups is 2. The summed E-state index contributed by atoms with van der Waals surface area (Å²) in [6.07, 6.45) is -2.11. The molecule has 0 radical (unpaired) electrons. The van der Waals surface area contributed by atoms with Crippen molar-refractivity contribution in [2.75, 3.05) is 23.1 Å². The number of anilines is 1. The predicted molar refractivity (Wildman–Crippen MR) is 86.0 cm³/mol. The van der Waals surface area contributed by atoms with E-state index in [1.165, 1.54) is 6.92 Å². The second kappa shape index (κ2) is 6.48. The van der Waals surface area contributed by atoms with E-state index in [0.717, 1.165) is 5.69 Å². The first kappa shape index (κ1) is 16.8. The Kier molecular flexibility index (Phi) is 4.55. The summed E-state index contributed by atoms with van der Waals surface area (Å²) < 4.78 is 30.6. The van der Waals surface area contributed by atoms with Gasteiger partial charge in [-0.25, -0.2) is 4.79 Å². The van der Waals surface area contributed by atoms with Crippen molar-refractivity contribution < 1.29 is 23.4 Å². The van der Waals surface area contributed by atoms with Crippen molar-refractivity contribution in [2.24, 2.45) is 11.7 Å². The molecule has 1 aromatic carbocycles. The normalized spacial score (nSPS) is 28.1. The molecule has 2 amide bonds. The van der Waals surface area contributed by atoms with Crippen LogP contribution in [-0.2, 0) is 20.7 Å². The average molecular weight is 355 g/mol. The minimum Gasteiger partial charge on any atom is -0.615 e. The first-order valence-electron chi connectivity index (χ1n) is 7.53. The van der Waals surface area contributed by atoms with E-state index < -0.39 is 41.2 Å². The molecule has 2 N–H and O–H groups in total. The second-order valence-corrected chi connectivity index (χ2v) is 7.47. The molecule has 4 unspecified atom stereocenters. The molecule has 0 aliphatic carbocycles. The SMILES string of the molecule is CC(C(N)=O)C1OC(=O)N(F)C1c1ccc(N2CC[S+]([O-])C2)cc1. The molecule has 7 nitrogen and oxygen atoms in total. The van der Waals surface area contributed by atoms with Crippen LogP contribution in [0.3, 0.4) is 0 Å². The quantitative estimate of drug-likeness (QED) is 0.644. The van der Waals surface area contributed by atoms with Gasteiger partial charge in [-0.1, -0.05) is 16.6 Å². The predicted octanol–water partition coefficient (Wildman–Crippen LogP) is 1.08. The molecule has 2 fully saturated rings. The lowest BCUT2D eigenvalue weighted by Crippen LogP contribution is -2.35. The highest BCUT2D eigenvalue weighted by Gasteiger charge is 2.47. The van der Waals surface area contributed by atoms with Crippen LogP contribution < -0.4 is 10.6 Å². The smallest absolute Gasteiger partial charge is 0.439 e. The first-order chi connectivity index (χ1) is 11.4. The van der Waals surface area contributed by atoms with Crippen molar-refractivity contribution in [3.63, 3.8) is 0 Å². The zero-order valence-electron chi connectivity index (χ0n) is 13.1. The number of cyclic esters (lactones) is 1. The molecule has 2 aliphatic rings. The van der Waals surface area contributed by atoms with Crippen molar-refractivity contribution in [2.45, 2.75) is 19.1 Å². The van der Waals surface area contributed by atoms with Crippen LogP contribution in [0.5, 0.6) is 0 Å². The van der Waals surface area contributed by atoms with Crippen LogP contribution >= 0.6 is 0 Å². The molecule has 9 heteroatoms. The second-order valence-electron chi connectivity index (χ2n) is 5.92. The Balaban J connectivity index is 1.83. The number of nitrogens with two attached hydrogens (primary N) is 1. The van der Waals surface area contributed by atoms with Gasteiger partial charge in [0.1, 0.15) is 17.9 Å². The van der Waals surface area contributed by atoms with Gasteiger partial charge in [-0.05, 0) is 35.8 Å². The zero-order chi connectivity index (χ0) is 17.4. The Morgan fingerprint density at radius 3 is 2.67 bits per heavy atom. The van der Waals surface area contributed by atoms with Crippen molar-refractivity contribution in [1.82, 2.24) is 5.12 Å². The third-order valence-electron chi connectivity index (χ3n) is 4.40. The maximum absolute atomic E-state index is 14.1. The highest BCUT2D eigenvalue weighted by molar-refractivity contribution is 7.91. The summed E-state index contributed by atoms with van der Waals surface area (Å²) in [5, 5.41) is -0.00990. The Bertz CT molecular complexity index is 644. The number of primary amides is 1. The fourth-order valence-corrected chi connectivity index (χ4v) is 4.11. The van der Waals surface area contributed by atoms with E-state index in [0.29, 0.717) is 23.7 Å². The number of halogens is 1. The fourth-order valence-electron chi connectivity index (χ4n) is 2.93. The summed E-state index contributed by atoms with van der Waals surface area (Å²) in [4.78, 5) is 24.9. The molecule has 2 aliphatic heterocycles. The maximum atomic E-state index is 14.1. The lowest BCUT2D eigenvalue weighted by molar-refractivity contribution is -0.124. The Morgan fingerprint density at radius 2 is 2.12 bits per heavy atom. The molecule has 0 bridgehead atoms. The molecule has 4 atom stereocenters. The number of amides is 2. The number of hydrogen-bond donors (Lipinski definition) is 1. The zero-order valence-corrected chi connectivity index (χ0v) is 13.9. The van der Waals surface area contributed by atoms with Crippen LogP contribution in [0, 0.1) is 5.92 Å². The van der Waals surface area contributed by atoms with Gasteiger partial charge in [-0.3, -0.25) is 4.79 Å². The largest absolute Gasteiger partial charge is 0.615 e. The highest BCUT2D eigenvalue weighted by atomic mass is 32.2. The van der Waals surface area contributed by atoms with Crippen molar-refractivity contribution in [3.05, 3.63) is 29.8 Å². The molecule has 0 aromatic heterocycles. The van der Waals surface area contributed by atoms with Crippen molar-refractivity contribution in [1.29, 1.82) is 0 Å². The van der Waals surface area contributed by atoms with E-state index >= 15 is 0 Å². The van der Waals surface area contributed by atoms with Gasteiger partial charge in [0.05, 0.1) is 12.5 Å². The van der Waals surface area contributed by atoms with E-state index in [1.54, 1.807) is 24.3 Å². The lowest BCUT2D eigenvalue weighted by Gasteiger charge is -2.23. The van der Waals surface area contributed by atoms with E-state index in [9.17, 15) is 18.6 Å². The number of hydrogen-bond acceptors (Lipinski definition) is 5. The van der Waals surface area contributed by atoms with E-state index in [2.05, 4.69) is 0 Å². The van der Waals surface area contributed by atoms with Crippen LogP contribution in [-0.4, -0.2) is 46.0 Å². The molecule has 2 saturated heterocycles. The minimum atomic E-state index is -1.13. The van der Waals surface area contributed by atoms with Crippen LogP contribution in [0.1, 0.15) is 18.5 Å². The first-order valence-corrected chi connectivity index (χ1v) is 9.02. The summed E-state index contributed by atoms with van der Waals surface area (Å²) in [5.41, 5.74) is 6.64. The molecule has 24 heavy (non-hydrogen) atoms. The number of nitrogens with zero attached hydrogens (tertiary/aromatic N) is 2. The average Bonchev–Trinajstić information content (AvgIpc) is 3.11. The highest BCUT2D eigenvalue weighted by Crippen LogP contribution is 2.38. The van der Waals surface area contributed by atoms with Gasteiger partial charge in [-0.15, -0.1) is 5.12 Å². The topological polar surface area (TPSA) is 98.9 Å².